The molecule has 0 aromatic heterocycles. The third-order valence-electron chi connectivity index (χ3n) is 2.98. The van der Waals surface area contributed by atoms with Crippen LogP contribution in [0, 0.1) is 5.92 Å². The molecule has 1 aliphatic rings. The average Bonchev–Trinajstić information content (AvgIpc) is 2.15. The number of piperidine rings is 1. The van der Waals surface area contributed by atoms with Crippen LogP contribution in [-0.2, 0) is 4.74 Å². The van der Waals surface area contributed by atoms with E-state index >= 15 is 0 Å². The van der Waals surface area contributed by atoms with Gasteiger partial charge in [0, 0.05) is 19.1 Å². The van der Waals surface area contributed by atoms with Gasteiger partial charge in [-0.3, -0.25) is 0 Å². The van der Waals surface area contributed by atoms with Gasteiger partial charge in [0.25, 0.3) is 0 Å². The van der Waals surface area contributed by atoms with Gasteiger partial charge in [0.1, 0.15) is 5.60 Å². The van der Waals surface area contributed by atoms with Gasteiger partial charge in [-0.15, -0.1) is 0 Å². The lowest BCUT2D eigenvalue weighted by Gasteiger charge is -2.37. The third kappa shape index (κ3) is 3.67. The minimum absolute atomic E-state index is 0.0891. The van der Waals surface area contributed by atoms with Crippen molar-refractivity contribution in [2.75, 3.05) is 13.1 Å². The Morgan fingerprint density at radius 3 is 2.56 bits per heavy atom. The van der Waals surface area contributed by atoms with Gasteiger partial charge in [0.15, 0.2) is 0 Å². The Kier molecular flexibility index (Phi) is 4.19. The Balaban J connectivity index is 2.48. The van der Waals surface area contributed by atoms with E-state index in [2.05, 4.69) is 6.92 Å². The smallest absolute Gasteiger partial charge is 0.410 e. The van der Waals surface area contributed by atoms with Gasteiger partial charge in [-0.2, -0.15) is 0 Å². The molecule has 16 heavy (non-hydrogen) atoms. The van der Waals surface area contributed by atoms with E-state index in [0.717, 1.165) is 19.4 Å². The number of likely N-dealkylation sites (tertiary alicyclic amines) is 1. The molecule has 1 aliphatic heterocycles. The number of nitrogens with zero attached hydrogens (tertiary/aromatic N) is 1. The number of nitrogens with two attached hydrogens (primary N) is 1. The SMILES string of the molecule is CCC1CCN(C(=O)OC(C)(C)C)CC1N. The normalized spacial score (nSPS) is 26.7. The molecule has 94 valence electrons. The fourth-order valence-corrected chi connectivity index (χ4v) is 2.03. The first-order chi connectivity index (χ1) is 7.33. The zero-order valence-corrected chi connectivity index (χ0v) is 10.8. The largest absolute Gasteiger partial charge is 0.444 e. The van der Waals surface area contributed by atoms with Gasteiger partial charge < -0.3 is 15.4 Å². The van der Waals surface area contributed by atoms with Crippen molar-refractivity contribution < 1.29 is 9.53 Å². The number of carbonyl (C=O) groups excluding carboxylic acids is 1. The van der Waals surface area contributed by atoms with Gasteiger partial charge in [-0.25, -0.2) is 4.79 Å². The van der Waals surface area contributed by atoms with E-state index in [4.69, 9.17) is 10.5 Å². The van der Waals surface area contributed by atoms with Crippen LogP contribution in [0.25, 0.3) is 0 Å². The van der Waals surface area contributed by atoms with E-state index in [1.165, 1.54) is 0 Å². The average molecular weight is 228 g/mol. The Morgan fingerprint density at radius 1 is 1.50 bits per heavy atom. The lowest BCUT2D eigenvalue weighted by atomic mass is 9.90. The number of hydrogen-bond acceptors (Lipinski definition) is 3. The molecule has 4 heteroatoms. The maximum Gasteiger partial charge on any atom is 0.410 e. The van der Waals surface area contributed by atoms with E-state index < -0.39 is 5.60 Å². The molecule has 2 atom stereocenters. The monoisotopic (exact) mass is 228 g/mol. The maximum atomic E-state index is 11.8. The quantitative estimate of drug-likeness (QED) is 0.746. The minimum Gasteiger partial charge on any atom is -0.444 e. The van der Waals surface area contributed by atoms with Crippen LogP contribution in [0.3, 0.4) is 0 Å². The molecule has 0 spiro atoms. The summed E-state index contributed by atoms with van der Waals surface area (Å²) in [5.41, 5.74) is 5.60. The van der Waals surface area contributed by atoms with Crippen molar-refractivity contribution in [3.63, 3.8) is 0 Å². The molecular weight excluding hydrogens is 204 g/mol. The molecule has 0 bridgehead atoms. The van der Waals surface area contributed by atoms with Crippen molar-refractivity contribution in [1.29, 1.82) is 0 Å². The highest BCUT2D eigenvalue weighted by Gasteiger charge is 2.30. The summed E-state index contributed by atoms with van der Waals surface area (Å²) < 4.78 is 5.33. The lowest BCUT2D eigenvalue weighted by Crippen LogP contribution is -2.51. The minimum atomic E-state index is -0.428. The Morgan fingerprint density at radius 2 is 2.12 bits per heavy atom. The second kappa shape index (κ2) is 5.04. The van der Waals surface area contributed by atoms with Crippen LogP contribution in [0.15, 0.2) is 0 Å². The molecule has 1 heterocycles. The molecule has 0 aromatic rings. The summed E-state index contributed by atoms with van der Waals surface area (Å²) in [6.45, 7) is 9.17. The van der Waals surface area contributed by atoms with Crippen molar-refractivity contribution in [3.8, 4) is 0 Å². The van der Waals surface area contributed by atoms with Crippen LogP contribution in [0.5, 0.6) is 0 Å². The Bertz CT molecular complexity index is 248. The molecular formula is C12H24N2O2. The predicted octanol–water partition coefficient (Wildman–Crippen LogP) is 1.98. The van der Waals surface area contributed by atoms with E-state index in [1.54, 1.807) is 4.90 Å². The van der Waals surface area contributed by atoms with Crippen LogP contribution in [0.2, 0.25) is 0 Å². The first-order valence-electron chi connectivity index (χ1n) is 6.07. The molecule has 0 aromatic carbocycles. The van der Waals surface area contributed by atoms with E-state index in [9.17, 15) is 4.79 Å². The number of amides is 1. The number of ether oxygens (including phenoxy) is 1. The van der Waals surface area contributed by atoms with Crippen molar-refractivity contribution in [3.05, 3.63) is 0 Å². The summed E-state index contributed by atoms with van der Waals surface area (Å²) in [4.78, 5) is 13.5. The standard InChI is InChI=1S/C12H24N2O2/c1-5-9-6-7-14(8-10(9)13)11(15)16-12(2,3)4/h9-10H,5-8,13H2,1-4H3. The zero-order valence-electron chi connectivity index (χ0n) is 10.8. The van der Waals surface area contributed by atoms with Gasteiger partial charge in [-0.05, 0) is 33.1 Å². The first kappa shape index (κ1) is 13.3. The van der Waals surface area contributed by atoms with Crippen molar-refractivity contribution in [2.24, 2.45) is 11.7 Å². The molecule has 1 saturated heterocycles. The highest BCUT2D eigenvalue weighted by Crippen LogP contribution is 2.21. The summed E-state index contributed by atoms with van der Waals surface area (Å²) in [5, 5.41) is 0. The maximum absolute atomic E-state index is 11.8. The summed E-state index contributed by atoms with van der Waals surface area (Å²) >= 11 is 0. The summed E-state index contributed by atoms with van der Waals surface area (Å²) in [6, 6.07) is 0.0891. The Labute approximate surface area is 98.1 Å². The molecule has 0 radical (unpaired) electrons. The van der Waals surface area contributed by atoms with Crippen LogP contribution < -0.4 is 5.73 Å². The topological polar surface area (TPSA) is 55.6 Å². The van der Waals surface area contributed by atoms with Gasteiger partial charge in [0.05, 0.1) is 0 Å². The number of rotatable bonds is 1. The number of hydrogen-bond donors (Lipinski definition) is 1. The van der Waals surface area contributed by atoms with Crippen molar-refractivity contribution in [1.82, 2.24) is 4.90 Å². The van der Waals surface area contributed by atoms with Gasteiger partial charge >= 0.3 is 6.09 Å². The highest BCUT2D eigenvalue weighted by atomic mass is 16.6. The fourth-order valence-electron chi connectivity index (χ4n) is 2.03. The second-order valence-electron chi connectivity index (χ2n) is 5.55. The summed E-state index contributed by atoms with van der Waals surface area (Å²) in [7, 11) is 0. The second-order valence-corrected chi connectivity index (χ2v) is 5.55. The predicted molar refractivity (Wildman–Crippen MR) is 64.2 cm³/mol. The first-order valence-corrected chi connectivity index (χ1v) is 6.07. The molecule has 2 N–H and O–H groups in total. The molecule has 0 aliphatic carbocycles. The van der Waals surface area contributed by atoms with Gasteiger partial charge in [-0.1, -0.05) is 13.3 Å². The molecule has 1 fully saturated rings. The third-order valence-corrected chi connectivity index (χ3v) is 2.98. The molecule has 4 nitrogen and oxygen atoms in total. The lowest BCUT2D eigenvalue weighted by molar-refractivity contribution is 0.0158. The highest BCUT2D eigenvalue weighted by molar-refractivity contribution is 5.68. The van der Waals surface area contributed by atoms with Gasteiger partial charge in [0.2, 0.25) is 0 Å². The molecule has 1 rings (SSSR count). The molecule has 1 amide bonds. The van der Waals surface area contributed by atoms with Crippen molar-refractivity contribution in [2.45, 2.75) is 52.2 Å². The van der Waals surface area contributed by atoms with E-state index in [-0.39, 0.29) is 12.1 Å². The van der Waals surface area contributed by atoms with Crippen LogP contribution >= 0.6 is 0 Å². The fraction of sp³-hybridized carbons (Fsp3) is 0.917. The van der Waals surface area contributed by atoms with E-state index in [0.29, 0.717) is 12.5 Å². The summed E-state index contributed by atoms with van der Waals surface area (Å²) in [6.07, 6.45) is 1.83. The molecule has 0 saturated carbocycles. The van der Waals surface area contributed by atoms with Crippen LogP contribution in [0.4, 0.5) is 4.79 Å². The molecule has 2 unspecified atom stereocenters. The van der Waals surface area contributed by atoms with E-state index in [1.807, 2.05) is 20.8 Å². The zero-order chi connectivity index (χ0) is 12.3. The number of carbonyl (C=O) groups is 1. The Hall–Kier alpha value is -0.770. The van der Waals surface area contributed by atoms with Crippen LogP contribution in [0.1, 0.15) is 40.5 Å². The van der Waals surface area contributed by atoms with Crippen LogP contribution in [-0.4, -0.2) is 35.7 Å². The summed E-state index contributed by atoms with van der Waals surface area (Å²) in [5.74, 6) is 0.540. The van der Waals surface area contributed by atoms with Crippen molar-refractivity contribution >= 4 is 6.09 Å².